The number of hydrogen-bond donors (Lipinski definition) is 1. The molecule has 0 aliphatic carbocycles. The maximum atomic E-state index is 10.0. The van der Waals surface area contributed by atoms with Crippen LogP contribution in [-0.2, 0) is 14.0 Å². The molecule has 1 atom stereocenters. The molecular formula is C13H27B2O4. The molecule has 0 aromatic heterocycles. The summed E-state index contributed by atoms with van der Waals surface area (Å²) in [5, 5.41) is 10.0. The van der Waals surface area contributed by atoms with Gasteiger partial charge in [-0.25, -0.2) is 0 Å². The van der Waals surface area contributed by atoms with Crippen molar-refractivity contribution in [3.05, 3.63) is 0 Å². The van der Waals surface area contributed by atoms with E-state index in [0.717, 1.165) is 6.42 Å². The number of aliphatic hydroxyl groups is 1. The summed E-state index contributed by atoms with van der Waals surface area (Å²) < 4.78 is 17.5. The Morgan fingerprint density at radius 2 is 1.68 bits per heavy atom. The van der Waals surface area contributed by atoms with E-state index < -0.39 is 18.2 Å². The molecule has 109 valence electrons. The molecule has 0 aromatic carbocycles. The second kappa shape index (κ2) is 5.06. The highest BCUT2D eigenvalue weighted by atomic mass is 16.7. The van der Waals surface area contributed by atoms with Crippen molar-refractivity contribution in [2.75, 3.05) is 0 Å². The maximum Gasteiger partial charge on any atom is 0.439 e. The van der Waals surface area contributed by atoms with Crippen LogP contribution < -0.4 is 0 Å². The molecule has 0 spiro atoms. The summed E-state index contributed by atoms with van der Waals surface area (Å²) in [6.45, 7) is 15.3. The van der Waals surface area contributed by atoms with E-state index in [4.69, 9.17) is 14.0 Å². The second-order valence-corrected chi connectivity index (χ2v) is 7.02. The van der Waals surface area contributed by atoms with E-state index in [-0.39, 0.29) is 11.2 Å². The molecule has 1 aliphatic heterocycles. The Labute approximate surface area is 118 Å². The van der Waals surface area contributed by atoms with Crippen molar-refractivity contribution in [2.45, 2.75) is 84.2 Å². The van der Waals surface area contributed by atoms with Gasteiger partial charge < -0.3 is 19.1 Å². The molecule has 1 rings (SSSR count). The van der Waals surface area contributed by atoms with Gasteiger partial charge in [-0.3, -0.25) is 0 Å². The summed E-state index contributed by atoms with van der Waals surface area (Å²) >= 11 is 0. The second-order valence-electron chi connectivity index (χ2n) is 7.02. The molecule has 1 radical (unpaired) electrons. The van der Waals surface area contributed by atoms with Crippen molar-refractivity contribution < 1.29 is 19.1 Å². The summed E-state index contributed by atoms with van der Waals surface area (Å²) in [4.78, 5) is 0. The minimum Gasteiger partial charge on any atom is -0.435 e. The van der Waals surface area contributed by atoms with Gasteiger partial charge in [-0.05, 0) is 54.9 Å². The number of rotatable bonds is 5. The maximum absolute atomic E-state index is 10.0. The van der Waals surface area contributed by atoms with Crippen molar-refractivity contribution in [3.8, 4) is 0 Å². The zero-order chi connectivity index (χ0) is 15.1. The van der Waals surface area contributed by atoms with E-state index in [9.17, 15) is 5.11 Å². The van der Waals surface area contributed by atoms with Gasteiger partial charge in [-0.2, -0.15) is 0 Å². The summed E-state index contributed by atoms with van der Waals surface area (Å²) in [5.74, 6) is 0. The lowest BCUT2D eigenvalue weighted by atomic mass is 9.55. The summed E-state index contributed by atoms with van der Waals surface area (Å²) in [6, 6.07) is 0. The van der Waals surface area contributed by atoms with Gasteiger partial charge >= 0.3 is 14.4 Å². The normalized spacial score (nSPS) is 27.7. The fraction of sp³-hybridized carbons (Fsp3) is 1.00. The van der Waals surface area contributed by atoms with Gasteiger partial charge in [0, 0.05) is 0 Å². The Balaban J connectivity index is 2.63. The van der Waals surface area contributed by atoms with Crippen molar-refractivity contribution in [1.29, 1.82) is 0 Å². The van der Waals surface area contributed by atoms with Crippen LogP contribution in [-0.4, -0.2) is 41.9 Å². The smallest absolute Gasteiger partial charge is 0.435 e. The molecule has 1 fully saturated rings. The van der Waals surface area contributed by atoms with Gasteiger partial charge in [0.1, 0.15) is 0 Å². The van der Waals surface area contributed by atoms with Crippen LogP contribution in [0.25, 0.3) is 0 Å². The first-order valence-corrected chi connectivity index (χ1v) is 6.94. The van der Waals surface area contributed by atoms with Crippen molar-refractivity contribution in [2.24, 2.45) is 0 Å². The lowest BCUT2D eigenvalue weighted by Gasteiger charge is -2.37. The van der Waals surface area contributed by atoms with Crippen LogP contribution in [0, 0.1) is 0 Å². The summed E-state index contributed by atoms with van der Waals surface area (Å²) in [7, 11) is 1.03. The van der Waals surface area contributed by atoms with Crippen molar-refractivity contribution in [3.63, 3.8) is 0 Å². The van der Waals surface area contributed by atoms with E-state index in [1.807, 2.05) is 34.6 Å². The topological polar surface area (TPSA) is 47.9 Å². The molecule has 1 saturated heterocycles. The van der Waals surface area contributed by atoms with Crippen LogP contribution in [0.5, 0.6) is 0 Å². The first kappa shape index (κ1) is 17.0. The summed E-state index contributed by atoms with van der Waals surface area (Å²) in [5.41, 5.74) is -2.37. The molecule has 1 unspecified atom stereocenters. The zero-order valence-electron chi connectivity index (χ0n) is 13.5. The molecule has 4 nitrogen and oxygen atoms in total. The first-order chi connectivity index (χ1) is 8.35. The lowest BCUT2D eigenvalue weighted by molar-refractivity contribution is -0.0894. The van der Waals surface area contributed by atoms with Crippen LogP contribution in [0.4, 0.5) is 0 Å². The van der Waals surface area contributed by atoms with Crippen molar-refractivity contribution in [1.82, 2.24) is 0 Å². The molecule has 1 aliphatic rings. The van der Waals surface area contributed by atoms with Gasteiger partial charge in [0.15, 0.2) is 0 Å². The fourth-order valence-electron chi connectivity index (χ4n) is 1.77. The molecule has 1 heterocycles. The first-order valence-electron chi connectivity index (χ1n) is 6.94. The molecular weight excluding hydrogens is 242 g/mol. The van der Waals surface area contributed by atoms with Gasteiger partial charge in [0.2, 0.25) is 0 Å². The van der Waals surface area contributed by atoms with Crippen LogP contribution in [0.2, 0.25) is 0 Å². The molecule has 6 heteroatoms. The molecule has 19 heavy (non-hydrogen) atoms. The average Bonchev–Trinajstić information content (AvgIpc) is 2.46. The lowest BCUT2D eigenvalue weighted by Crippen LogP contribution is -2.50. The van der Waals surface area contributed by atoms with E-state index >= 15 is 0 Å². The van der Waals surface area contributed by atoms with Crippen LogP contribution in [0.3, 0.4) is 0 Å². The van der Waals surface area contributed by atoms with E-state index in [1.54, 1.807) is 21.2 Å². The van der Waals surface area contributed by atoms with Gasteiger partial charge in [0.05, 0.1) is 22.4 Å². The Morgan fingerprint density at radius 1 is 1.16 bits per heavy atom. The van der Waals surface area contributed by atoms with E-state index in [2.05, 4.69) is 6.92 Å². The average molecular weight is 269 g/mol. The van der Waals surface area contributed by atoms with Crippen LogP contribution in [0.15, 0.2) is 0 Å². The highest BCUT2D eigenvalue weighted by Gasteiger charge is 2.53. The minimum atomic E-state index is -0.953. The molecule has 0 aromatic rings. The van der Waals surface area contributed by atoms with Gasteiger partial charge in [-0.15, -0.1) is 0 Å². The zero-order valence-corrected chi connectivity index (χ0v) is 13.5. The third-order valence-corrected chi connectivity index (χ3v) is 4.68. The molecule has 0 saturated carbocycles. The van der Waals surface area contributed by atoms with E-state index in [1.165, 1.54) is 0 Å². The predicted octanol–water partition coefficient (Wildman–Crippen LogP) is 2.15. The molecule has 1 N–H and O–H groups in total. The third kappa shape index (κ3) is 3.35. The predicted molar refractivity (Wildman–Crippen MR) is 77.9 cm³/mol. The monoisotopic (exact) mass is 269 g/mol. The van der Waals surface area contributed by atoms with Crippen molar-refractivity contribution >= 4 is 14.4 Å². The Morgan fingerprint density at radius 3 is 2.05 bits per heavy atom. The summed E-state index contributed by atoms with van der Waals surface area (Å²) in [6.07, 6.45) is 0.860. The van der Waals surface area contributed by atoms with Crippen LogP contribution in [0.1, 0.15) is 61.8 Å². The number of hydrogen-bond acceptors (Lipinski definition) is 4. The third-order valence-electron chi connectivity index (χ3n) is 4.68. The Bertz CT molecular complexity index is 325. The molecule has 0 amide bonds. The Kier molecular flexibility index (Phi) is 4.54. The highest BCUT2D eigenvalue weighted by Crippen LogP contribution is 2.39. The SMILES string of the molecule is CCC1(C)OB([B]OC(C)(C)C(C)(C)O)OC1(C)C. The standard InChI is InChI=1S/C13H27B2O4/c1-9-13(8)12(6,7)18-15(19-13)14-17-11(4,5)10(2,3)16/h16H,9H2,1-8H3. The minimum absolute atomic E-state index is 0.337. The quantitative estimate of drug-likeness (QED) is 0.777. The Hall–Kier alpha value is -0.0301. The highest BCUT2D eigenvalue weighted by molar-refractivity contribution is 7.03. The largest absolute Gasteiger partial charge is 0.439 e. The van der Waals surface area contributed by atoms with Crippen LogP contribution >= 0.6 is 0 Å². The van der Waals surface area contributed by atoms with E-state index in [0.29, 0.717) is 0 Å². The van der Waals surface area contributed by atoms with Gasteiger partial charge in [0.25, 0.3) is 0 Å². The fourth-order valence-corrected chi connectivity index (χ4v) is 1.77. The van der Waals surface area contributed by atoms with Gasteiger partial charge in [-0.1, -0.05) is 6.92 Å². The molecule has 0 bridgehead atoms.